The van der Waals surface area contributed by atoms with Gasteiger partial charge in [0, 0.05) is 12.1 Å². The minimum Gasteiger partial charge on any atom is -0.479 e. The third-order valence-corrected chi connectivity index (χ3v) is 4.05. The van der Waals surface area contributed by atoms with E-state index in [-0.39, 0.29) is 11.9 Å². The molecular formula is C22H27NO4. The minimum atomic E-state index is -0.690. The summed E-state index contributed by atoms with van der Waals surface area (Å²) >= 11 is 0. The van der Waals surface area contributed by atoms with Gasteiger partial charge >= 0.3 is 5.97 Å². The van der Waals surface area contributed by atoms with Gasteiger partial charge in [0.1, 0.15) is 5.75 Å². The largest absolute Gasteiger partial charge is 0.479 e. The van der Waals surface area contributed by atoms with Crippen molar-refractivity contribution in [2.24, 2.45) is 0 Å². The second-order valence-electron chi connectivity index (χ2n) is 6.33. The van der Waals surface area contributed by atoms with Crippen molar-refractivity contribution in [2.45, 2.75) is 45.8 Å². The summed E-state index contributed by atoms with van der Waals surface area (Å²) in [6.45, 7) is 4.64. The molecule has 0 aliphatic heterocycles. The molecule has 2 rings (SSSR count). The van der Waals surface area contributed by atoms with Crippen molar-refractivity contribution in [1.29, 1.82) is 0 Å². The Morgan fingerprint density at radius 2 is 1.70 bits per heavy atom. The van der Waals surface area contributed by atoms with Crippen LogP contribution in [-0.2, 0) is 16.1 Å². The molecular weight excluding hydrogens is 342 g/mol. The number of carbonyl (C=O) groups excluding carboxylic acids is 2. The Morgan fingerprint density at radius 1 is 1.00 bits per heavy atom. The molecule has 144 valence electrons. The average Bonchev–Trinajstić information content (AvgIpc) is 2.70. The molecule has 1 atom stereocenters. The van der Waals surface area contributed by atoms with E-state index in [9.17, 15) is 9.59 Å². The zero-order valence-corrected chi connectivity index (χ0v) is 15.9. The van der Waals surface area contributed by atoms with Gasteiger partial charge in [-0.2, -0.15) is 0 Å². The van der Waals surface area contributed by atoms with E-state index >= 15 is 0 Å². The fourth-order valence-electron chi connectivity index (χ4n) is 2.46. The molecule has 0 heterocycles. The summed E-state index contributed by atoms with van der Waals surface area (Å²) in [5.74, 6) is -0.0165. The summed E-state index contributed by atoms with van der Waals surface area (Å²) < 4.78 is 10.8. The highest BCUT2D eigenvalue weighted by Gasteiger charge is 2.16. The molecule has 0 radical (unpaired) electrons. The molecule has 0 saturated carbocycles. The third kappa shape index (κ3) is 7.13. The summed E-state index contributed by atoms with van der Waals surface area (Å²) in [4.78, 5) is 24.1. The van der Waals surface area contributed by atoms with Crippen LogP contribution in [0.4, 0.5) is 0 Å². The Kier molecular flexibility index (Phi) is 8.36. The maximum absolute atomic E-state index is 12.2. The SMILES string of the molecule is CCCCCOC(=O)[C@H](C)Oc1ccc(C(=O)NCc2ccccc2)cc1. The van der Waals surface area contributed by atoms with Crippen molar-refractivity contribution in [3.8, 4) is 5.75 Å². The van der Waals surface area contributed by atoms with Crippen molar-refractivity contribution in [1.82, 2.24) is 5.32 Å². The molecule has 1 N–H and O–H groups in total. The van der Waals surface area contributed by atoms with E-state index in [1.54, 1.807) is 31.2 Å². The fourth-order valence-corrected chi connectivity index (χ4v) is 2.46. The van der Waals surface area contributed by atoms with Gasteiger partial charge in [0.05, 0.1) is 6.61 Å². The summed E-state index contributed by atoms with van der Waals surface area (Å²) in [6.07, 6.45) is 2.29. The van der Waals surface area contributed by atoms with E-state index in [1.165, 1.54) is 0 Å². The summed E-state index contributed by atoms with van der Waals surface area (Å²) in [5.41, 5.74) is 1.57. The number of benzene rings is 2. The number of amides is 1. The molecule has 0 saturated heterocycles. The number of unbranched alkanes of at least 4 members (excludes halogenated alkanes) is 2. The van der Waals surface area contributed by atoms with Gasteiger partial charge in [0.15, 0.2) is 6.10 Å². The second kappa shape index (κ2) is 11.0. The van der Waals surface area contributed by atoms with Gasteiger partial charge in [-0.3, -0.25) is 4.79 Å². The van der Waals surface area contributed by atoms with E-state index in [0.717, 1.165) is 24.8 Å². The van der Waals surface area contributed by atoms with E-state index < -0.39 is 6.10 Å². The summed E-state index contributed by atoms with van der Waals surface area (Å²) in [7, 11) is 0. The van der Waals surface area contributed by atoms with Crippen molar-refractivity contribution in [2.75, 3.05) is 6.61 Å². The Labute approximate surface area is 160 Å². The first kappa shape index (κ1) is 20.5. The van der Waals surface area contributed by atoms with Crippen molar-refractivity contribution in [3.63, 3.8) is 0 Å². The molecule has 27 heavy (non-hydrogen) atoms. The van der Waals surface area contributed by atoms with Gasteiger partial charge in [0.2, 0.25) is 0 Å². The smallest absolute Gasteiger partial charge is 0.347 e. The topological polar surface area (TPSA) is 64.6 Å². The molecule has 0 unspecified atom stereocenters. The Morgan fingerprint density at radius 3 is 2.37 bits per heavy atom. The molecule has 0 fully saturated rings. The van der Waals surface area contributed by atoms with Crippen LogP contribution < -0.4 is 10.1 Å². The molecule has 1 amide bonds. The van der Waals surface area contributed by atoms with Crippen LogP contribution in [0.5, 0.6) is 5.75 Å². The zero-order valence-electron chi connectivity index (χ0n) is 15.9. The van der Waals surface area contributed by atoms with E-state index in [4.69, 9.17) is 9.47 Å². The number of esters is 1. The first-order valence-corrected chi connectivity index (χ1v) is 9.35. The minimum absolute atomic E-state index is 0.159. The van der Waals surface area contributed by atoms with E-state index in [0.29, 0.717) is 24.5 Å². The van der Waals surface area contributed by atoms with Crippen molar-refractivity contribution in [3.05, 3.63) is 65.7 Å². The molecule has 2 aromatic rings. The van der Waals surface area contributed by atoms with Crippen LogP contribution in [0.1, 0.15) is 49.0 Å². The number of nitrogens with one attached hydrogen (secondary N) is 1. The lowest BCUT2D eigenvalue weighted by atomic mass is 10.2. The normalized spacial score (nSPS) is 11.5. The van der Waals surface area contributed by atoms with Gasteiger partial charge in [-0.25, -0.2) is 4.79 Å². The van der Waals surface area contributed by atoms with Crippen LogP contribution in [0.2, 0.25) is 0 Å². The van der Waals surface area contributed by atoms with Crippen LogP contribution in [0, 0.1) is 0 Å². The number of ether oxygens (including phenoxy) is 2. The van der Waals surface area contributed by atoms with Crippen LogP contribution >= 0.6 is 0 Å². The first-order valence-electron chi connectivity index (χ1n) is 9.35. The Bertz CT molecular complexity index is 713. The third-order valence-electron chi connectivity index (χ3n) is 4.05. The average molecular weight is 369 g/mol. The number of rotatable bonds is 10. The molecule has 5 nitrogen and oxygen atoms in total. The summed E-state index contributed by atoms with van der Waals surface area (Å²) in [5, 5.41) is 2.87. The van der Waals surface area contributed by atoms with Crippen LogP contribution in [-0.4, -0.2) is 24.6 Å². The lowest BCUT2D eigenvalue weighted by Crippen LogP contribution is -2.26. The van der Waals surface area contributed by atoms with Crippen molar-refractivity contribution >= 4 is 11.9 Å². The quantitative estimate of drug-likeness (QED) is 0.505. The molecule has 0 aliphatic rings. The highest BCUT2D eigenvalue weighted by Crippen LogP contribution is 2.15. The predicted octanol–water partition coefficient (Wildman–Crippen LogP) is 4.12. The number of carbonyl (C=O) groups is 2. The van der Waals surface area contributed by atoms with Gasteiger partial charge < -0.3 is 14.8 Å². The van der Waals surface area contributed by atoms with Crippen molar-refractivity contribution < 1.29 is 19.1 Å². The number of hydrogen-bond donors (Lipinski definition) is 1. The van der Waals surface area contributed by atoms with Crippen LogP contribution in [0.3, 0.4) is 0 Å². The Balaban J connectivity index is 1.79. The molecule has 5 heteroatoms. The molecule has 0 aromatic heterocycles. The zero-order chi connectivity index (χ0) is 19.5. The van der Waals surface area contributed by atoms with Crippen LogP contribution in [0.25, 0.3) is 0 Å². The van der Waals surface area contributed by atoms with E-state index in [1.807, 2.05) is 30.3 Å². The number of hydrogen-bond acceptors (Lipinski definition) is 4. The predicted molar refractivity (Wildman–Crippen MR) is 105 cm³/mol. The van der Waals surface area contributed by atoms with Crippen LogP contribution in [0.15, 0.2) is 54.6 Å². The molecule has 2 aromatic carbocycles. The standard InChI is InChI=1S/C22H27NO4/c1-3-4-8-15-26-22(25)17(2)27-20-13-11-19(12-14-20)21(24)23-16-18-9-6-5-7-10-18/h5-7,9-14,17H,3-4,8,15-16H2,1-2H3,(H,23,24)/t17-/m0/s1. The molecule has 0 spiro atoms. The lowest BCUT2D eigenvalue weighted by molar-refractivity contribution is -0.151. The highest BCUT2D eigenvalue weighted by atomic mass is 16.6. The fraction of sp³-hybridized carbons (Fsp3) is 0.364. The Hall–Kier alpha value is -2.82. The maximum atomic E-state index is 12.2. The van der Waals surface area contributed by atoms with Gasteiger partial charge in [-0.1, -0.05) is 50.1 Å². The van der Waals surface area contributed by atoms with E-state index in [2.05, 4.69) is 12.2 Å². The molecule has 0 aliphatic carbocycles. The second-order valence-corrected chi connectivity index (χ2v) is 6.33. The monoisotopic (exact) mass is 369 g/mol. The highest BCUT2D eigenvalue weighted by molar-refractivity contribution is 5.94. The lowest BCUT2D eigenvalue weighted by Gasteiger charge is -2.14. The van der Waals surface area contributed by atoms with Gasteiger partial charge in [0.25, 0.3) is 5.91 Å². The van der Waals surface area contributed by atoms with Gasteiger partial charge in [-0.05, 0) is 43.2 Å². The summed E-state index contributed by atoms with van der Waals surface area (Å²) in [6, 6.07) is 16.4. The maximum Gasteiger partial charge on any atom is 0.347 e. The molecule has 0 bridgehead atoms. The van der Waals surface area contributed by atoms with Gasteiger partial charge in [-0.15, -0.1) is 0 Å². The first-order chi connectivity index (χ1) is 13.1.